The molecule has 1 atom stereocenters. The number of aliphatic hydroxyl groups is 1. The minimum absolute atomic E-state index is 0.349. The van der Waals surface area contributed by atoms with E-state index in [1.165, 1.54) is 0 Å². The van der Waals surface area contributed by atoms with Crippen molar-refractivity contribution >= 4 is 29.1 Å². The van der Waals surface area contributed by atoms with Gasteiger partial charge in [-0.25, -0.2) is 4.99 Å². The molecule has 0 aliphatic rings. The van der Waals surface area contributed by atoms with Crippen LogP contribution in [-0.4, -0.2) is 42.7 Å². The van der Waals surface area contributed by atoms with Crippen LogP contribution in [0.4, 0.5) is 0 Å². The highest BCUT2D eigenvalue weighted by Gasteiger charge is 2.23. The number of guanidine groups is 1. The van der Waals surface area contributed by atoms with Crippen LogP contribution in [0.2, 0.25) is 0 Å². The molecule has 1 aromatic heterocycles. The highest BCUT2D eigenvalue weighted by atomic mass is 32.2. The summed E-state index contributed by atoms with van der Waals surface area (Å²) in [6.07, 6.45) is 2.08. The largest absolute Gasteiger partial charge is 0.383 e. The van der Waals surface area contributed by atoms with Gasteiger partial charge in [0, 0.05) is 23.7 Å². The number of hydrogen-bond acceptors (Lipinski definition) is 4. The Labute approximate surface area is 123 Å². The van der Waals surface area contributed by atoms with E-state index in [-0.39, 0.29) is 0 Å². The van der Waals surface area contributed by atoms with Gasteiger partial charge >= 0.3 is 0 Å². The maximum atomic E-state index is 10.4. The molecule has 19 heavy (non-hydrogen) atoms. The number of thiophene rings is 1. The Bertz CT molecular complexity index is 377. The van der Waals surface area contributed by atoms with Crippen LogP contribution < -0.4 is 10.6 Å². The normalized spacial score (nSPS) is 15.1. The van der Waals surface area contributed by atoms with Crippen LogP contribution in [0.3, 0.4) is 0 Å². The maximum absolute atomic E-state index is 10.4. The quantitative estimate of drug-likeness (QED) is 0.409. The van der Waals surface area contributed by atoms with Gasteiger partial charge in [0.1, 0.15) is 5.60 Å². The van der Waals surface area contributed by atoms with Crippen LogP contribution in [0.25, 0.3) is 0 Å². The molecule has 0 aromatic carbocycles. The molecule has 0 fully saturated rings. The van der Waals surface area contributed by atoms with Gasteiger partial charge in [-0.1, -0.05) is 6.07 Å². The summed E-state index contributed by atoms with van der Waals surface area (Å²) in [6.45, 7) is 5.86. The molecule has 108 valence electrons. The van der Waals surface area contributed by atoms with Crippen LogP contribution in [0.15, 0.2) is 22.5 Å². The second kappa shape index (κ2) is 8.45. The molecule has 0 amide bonds. The molecule has 3 N–H and O–H groups in total. The molecule has 6 heteroatoms. The molecule has 1 unspecified atom stereocenters. The van der Waals surface area contributed by atoms with Crippen molar-refractivity contribution in [2.75, 3.05) is 31.6 Å². The fourth-order valence-electron chi connectivity index (χ4n) is 1.51. The number of thioether (sulfide) groups is 1. The van der Waals surface area contributed by atoms with E-state index in [0.717, 1.165) is 29.7 Å². The van der Waals surface area contributed by atoms with E-state index in [1.807, 2.05) is 24.4 Å². The van der Waals surface area contributed by atoms with Gasteiger partial charge in [-0.15, -0.1) is 11.3 Å². The Kier molecular flexibility index (Phi) is 7.27. The Morgan fingerprint density at radius 2 is 2.32 bits per heavy atom. The lowest BCUT2D eigenvalue weighted by Gasteiger charge is -2.20. The monoisotopic (exact) mass is 301 g/mol. The first-order valence-corrected chi connectivity index (χ1v) is 8.65. The lowest BCUT2D eigenvalue weighted by atomic mass is 10.1. The Hall–Kier alpha value is -0.720. The molecule has 0 saturated carbocycles. The lowest BCUT2D eigenvalue weighted by Crippen LogP contribution is -2.39. The first kappa shape index (κ1) is 16.3. The zero-order valence-electron chi connectivity index (χ0n) is 11.8. The van der Waals surface area contributed by atoms with E-state index in [9.17, 15) is 5.11 Å². The molecule has 0 bridgehead atoms. The number of nitrogens with zero attached hydrogens (tertiary/aromatic N) is 1. The topological polar surface area (TPSA) is 56.7 Å². The summed E-state index contributed by atoms with van der Waals surface area (Å²) in [6, 6.07) is 3.88. The summed E-state index contributed by atoms with van der Waals surface area (Å²) in [5.74, 6) is 1.79. The molecule has 0 aliphatic carbocycles. The third-order valence-corrected chi connectivity index (χ3v) is 4.28. The van der Waals surface area contributed by atoms with Crippen molar-refractivity contribution in [2.45, 2.75) is 19.4 Å². The minimum Gasteiger partial charge on any atom is -0.383 e. The van der Waals surface area contributed by atoms with Crippen molar-refractivity contribution in [3.8, 4) is 0 Å². The number of rotatable bonds is 7. The van der Waals surface area contributed by atoms with Gasteiger partial charge in [0.2, 0.25) is 0 Å². The smallest absolute Gasteiger partial charge is 0.191 e. The van der Waals surface area contributed by atoms with Crippen molar-refractivity contribution in [3.05, 3.63) is 22.4 Å². The molecule has 0 spiro atoms. The SMILES string of the molecule is CCNC(=NCC(C)(O)c1cccs1)NCCSC. The summed E-state index contributed by atoms with van der Waals surface area (Å²) in [4.78, 5) is 5.40. The van der Waals surface area contributed by atoms with Gasteiger partial charge in [0.05, 0.1) is 6.54 Å². The first-order chi connectivity index (χ1) is 9.10. The Balaban J connectivity index is 2.58. The summed E-state index contributed by atoms with van der Waals surface area (Å²) in [5, 5.41) is 18.8. The van der Waals surface area contributed by atoms with E-state index in [4.69, 9.17) is 0 Å². The van der Waals surface area contributed by atoms with Crippen LogP contribution in [0.5, 0.6) is 0 Å². The van der Waals surface area contributed by atoms with Crippen molar-refractivity contribution in [1.82, 2.24) is 10.6 Å². The summed E-state index contributed by atoms with van der Waals surface area (Å²) < 4.78 is 0. The fraction of sp³-hybridized carbons (Fsp3) is 0.615. The zero-order valence-corrected chi connectivity index (χ0v) is 13.4. The number of aliphatic imine (C=N–C) groups is 1. The second-order valence-corrected chi connectivity index (χ2v) is 6.30. The molecule has 0 saturated heterocycles. The Morgan fingerprint density at radius 1 is 1.53 bits per heavy atom. The highest BCUT2D eigenvalue weighted by molar-refractivity contribution is 7.98. The molecular formula is C13H23N3OS2. The van der Waals surface area contributed by atoms with Crippen LogP contribution in [0, 0.1) is 0 Å². The van der Waals surface area contributed by atoms with Crippen molar-refractivity contribution in [2.24, 2.45) is 4.99 Å². The van der Waals surface area contributed by atoms with Gasteiger partial charge in [0.25, 0.3) is 0 Å². The van der Waals surface area contributed by atoms with Crippen LogP contribution in [-0.2, 0) is 5.60 Å². The lowest BCUT2D eigenvalue weighted by molar-refractivity contribution is 0.0711. The first-order valence-electron chi connectivity index (χ1n) is 6.37. The van der Waals surface area contributed by atoms with E-state index < -0.39 is 5.60 Å². The minimum atomic E-state index is -0.907. The maximum Gasteiger partial charge on any atom is 0.191 e. The van der Waals surface area contributed by atoms with Crippen LogP contribution in [0.1, 0.15) is 18.7 Å². The van der Waals surface area contributed by atoms with Gasteiger partial charge < -0.3 is 15.7 Å². The molecule has 1 rings (SSSR count). The van der Waals surface area contributed by atoms with E-state index >= 15 is 0 Å². The van der Waals surface area contributed by atoms with Gasteiger partial charge in [-0.2, -0.15) is 11.8 Å². The summed E-state index contributed by atoms with van der Waals surface area (Å²) in [5.41, 5.74) is -0.907. The number of nitrogens with one attached hydrogen (secondary N) is 2. The number of hydrogen-bond donors (Lipinski definition) is 3. The molecule has 0 radical (unpaired) electrons. The van der Waals surface area contributed by atoms with Crippen molar-refractivity contribution < 1.29 is 5.11 Å². The van der Waals surface area contributed by atoms with E-state index in [0.29, 0.717) is 6.54 Å². The summed E-state index contributed by atoms with van der Waals surface area (Å²) >= 11 is 3.34. The van der Waals surface area contributed by atoms with Gasteiger partial charge in [-0.05, 0) is 31.5 Å². The van der Waals surface area contributed by atoms with Crippen LogP contribution >= 0.6 is 23.1 Å². The van der Waals surface area contributed by atoms with Crippen molar-refractivity contribution in [3.63, 3.8) is 0 Å². The Morgan fingerprint density at radius 3 is 2.89 bits per heavy atom. The highest BCUT2D eigenvalue weighted by Crippen LogP contribution is 2.25. The van der Waals surface area contributed by atoms with Crippen molar-refractivity contribution in [1.29, 1.82) is 0 Å². The van der Waals surface area contributed by atoms with E-state index in [1.54, 1.807) is 30.0 Å². The standard InChI is InChI=1S/C13H23N3OS2/c1-4-14-12(15-7-9-18-3)16-10-13(2,17)11-6-5-8-19-11/h5-6,8,17H,4,7,9-10H2,1-3H3,(H2,14,15,16). The molecule has 4 nitrogen and oxygen atoms in total. The van der Waals surface area contributed by atoms with Gasteiger partial charge in [-0.3, -0.25) is 0 Å². The average molecular weight is 301 g/mol. The predicted molar refractivity (Wildman–Crippen MR) is 86.3 cm³/mol. The van der Waals surface area contributed by atoms with Gasteiger partial charge in [0.15, 0.2) is 5.96 Å². The second-order valence-electron chi connectivity index (χ2n) is 4.37. The molecule has 1 aromatic rings. The molecule has 1 heterocycles. The third-order valence-electron chi connectivity index (χ3n) is 2.54. The molecule has 0 aliphatic heterocycles. The molecular weight excluding hydrogens is 278 g/mol. The summed E-state index contributed by atoms with van der Waals surface area (Å²) in [7, 11) is 0. The van der Waals surface area contributed by atoms with E-state index in [2.05, 4.69) is 21.9 Å². The predicted octanol–water partition coefficient (Wildman–Crippen LogP) is 1.87. The third kappa shape index (κ3) is 5.84. The zero-order chi connectivity index (χ0) is 14.1. The fourth-order valence-corrected chi connectivity index (χ4v) is 2.59. The average Bonchev–Trinajstić information content (AvgIpc) is 2.91.